The number of morpholine rings is 1. The van der Waals surface area contributed by atoms with Gasteiger partial charge in [-0.15, -0.1) is 0 Å². The average molecular weight is 353 g/mol. The van der Waals surface area contributed by atoms with Crippen molar-refractivity contribution < 1.29 is 9.53 Å². The Morgan fingerprint density at radius 1 is 1.48 bits per heavy atom. The Morgan fingerprint density at radius 2 is 2.29 bits per heavy atom. The number of ether oxygens (including phenoxy) is 1. The van der Waals surface area contributed by atoms with Gasteiger partial charge in [-0.2, -0.15) is 0 Å². The predicted octanol–water partition coefficient (Wildman–Crippen LogP) is 2.49. The fourth-order valence-corrected chi connectivity index (χ4v) is 3.06. The molecule has 2 aliphatic rings. The lowest BCUT2D eigenvalue weighted by atomic mass is 10.1. The Morgan fingerprint density at radius 3 is 3.00 bits per heavy atom. The Bertz CT molecular complexity index is 519. The highest BCUT2D eigenvalue weighted by molar-refractivity contribution is 9.10. The molecule has 2 fully saturated rings. The third kappa shape index (κ3) is 3.84. The molecule has 0 radical (unpaired) electrons. The molecule has 0 spiro atoms. The van der Waals surface area contributed by atoms with E-state index in [1.54, 1.807) is 0 Å². The number of nitrogens with one attached hydrogen (secondary N) is 1. The number of hydrogen-bond acceptors (Lipinski definition) is 3. The first-order valence-electron chi connectivity index (χ1n) is 7.55. The van der Waals surface area contributed by atoms with Crippen LogP contribution in [0.4, 0.5) is 0 Å². The Kier molecular flexibility index (Phi) is 4.62. The van der Waals surface area contributed by atoms with Gasteiger partial charge in [0.05, 0.1) is 18.8 Å². The van der Waals surface area contributed by atoms with E-state index in [0.29, 0.717) is 12.6 Å². The molecule has 0 aromatic heterocycles. The summed E-state index contributed by atoms with van der Waals surface area (Å²) in [5.74, 6) is 0.146. The number of carbonyl (C=O) groups excluding carboxylic acids is 1. The van der Waals surface area contributed by atoms with Crippen LogP contribution in [0.2, 0.25) is 0 Å². The molecule has 1 aliphatic carbocycles. The van der Waals surface area contributed by atoms with Gasteiger partial charge < -0.3 is 10.1 Å². The standard InChI is InChI=1S/C16H21BrN2O2/c1-11(16(20)18-14-5-6-14)19-7-8-21-15(10-19)12-3-2-4-13(17)9-12/h2-4,9,11,14-15H,5-8,10H2,1H3,(H,18,20)/t11-,15-/m1/s1. The van der Waals surface area contributed by atoms with Crippen LogP contribution in [0.25, 0.3) is 0 Å². The lowest BCUT2D eigenvalue weighted by molar-refractivity contribution is -0.129. The molecule has 1 aromatic rings. The Hall–Kier alpha value is -0.910. The summed E-state index contributed by atoms with van der Waals surface area (Å²) in [6.45, 7) is 4.22. The zero-order chi connectivity index (χ0) is 14.8. The van der Waals surface area contributed by atoms with Gasteiger partial charge in [-0.05, 0) is 37.5 Å². The summed E-state index contributed by atoms with van der Waals surface area (Å²) in [5, 5.41) is 3.09. The summed E-state index contributed by atoms with van der Waals surface area (Å²) in [7, 11) is 0. The van der Waals surface area contributed by atoms with Crippen LogP contribution in [-0.4, -0.2) is 42.6 Å². The molecule has 5 heteroatoms. The maximum Gasteiger partial charge on any atom is 0.237 e. The van der Waals surface area contributed by atoms with Crippen LogP contribution >= 0.6 is 15.9 Å². The normalized spacial score (nSPS) is 24.6. The summed E-state index contributed by atoms with van der Waals surface area (Å²) in [6.07, 6.45) is 2.29. The monoisotopic (exact) mass is 352 g/mol. The van der Waals surface area contributed by atoms with Crippen molar-refractivity contribution in [2.75, 3.05) is 19.7 Å². The zero-order valence-corrected chi connectivity index (χ0v) is 13.8. The molecule has 21 heavy (non-hydrogen) atoms. The van der Waals surface area contributed by atoms with E-state index in [1.807, 2.05) is 19.1 Å². The van der Waals surface area contributed by atoms with E-state index in [1.165, 1.54) is 0 Å². The van der Waals surface area contributed by atoms with Crippen molar-refractivity contribution in [3.05, 3.63) is 34.3 Å². The highest BCUT2D eigenvalue weighted by Crippen LogP contribution is 2.26. The predicted molar refractivity (Wildman–Crippen MR) is 85.0 cm³/mol. The Balaban J connectivity index is 1.63. The second-order valence-corrected chi connectivity index (χ2v) is 6.78. The number of halogens is 1. The van der Waals surface area contributed by atoms with Gasteiger partial charge in [0.1, 0.15) is 0 Å². The van der Waals surface area contributed by atoms with E-state index >= 15 is 0 Å². The quantitative estimate of drug-likeness (QED) is 0.904. The maximum atomic E-state index is 12.2. The molecule has 3 rings (SSSR count). The molecule has 1 aromatic carbocycles. The van der Waals surface area contributed by atoms with Crippen molar-refractivity contribution >= 4 is 21.8 Å². The van der Waals surface area contributed by atoms with Gasteiger partial charge in [-0.1, -0.05) is 28.1 Å². The smallest absolute Gasteiger partial charge is 0.237 e. The molecule has 2 atom stereocenters. The topological polar surface area (TPSA) is 41.6 Å². The lowest BCUT2D eigenvalue weighted by Gasteiger charge is -2.36. The Labute approximate surface area is 134 Å². The van der Waals surface area contributed by atoms with Crippen molar-refractivity contribution in [2.24, 2.45) is 0 Å². The minimum absolute atomic E-state index is 0.0347. The van der Waals surface area contributed by atoms with Crippen molar-refractivity contribution in [1.82, 2.24) is 10.2 Å². The van der Waals surface area contributed by atoms with E-state index in [-0.39, 0.29) is 18.1 Å². The number of carbonyl (C=O) groups is 1. The van der Waals surface area contributed by atoms with Crippen LogP contribution in [-0.2, 0) is 9.53 Å². The molecule has 0 bridgehead atoms. The van der Waals surface area contributed by atoms with Gasteiger partial charge >= 0.3 is 0 Å². The molecule has 1 saturated heterocycles. The van der Waals surface area contributed by atoms with E-state index < -0.39 is 0 Å². The minimum atomic E-state index is -0.0934. The van der Waals surface area contributed by atoms with Gasteiger partial charge in [0, 0.05) is 23.6 Å². The molecular formula is C16H21BrN2O2. The third-order valence-corrected chi connectivity index (χ3v) is 4.66. The van der Waals surface area contributed by atoms with Crippen LogP contribution in [0.1, 0.15) is 31.4 Å². The van der Waals surface area contributed by atoms with Gasteiger partial charge in [0.15, 0.2) is 0 Å². The summed E-state index contributed by atoms with van der Waals surface area (Å²) in [6, 6.07) is 8.52. The van der Waals surface area contributed by atoms with Crippen molar-refractivity contribution in [2.45, 2.75) is 38.0 Å². The molecule has 114 valence electrons. The van der Waals surface area contributed by atoms with Gasteiger partial charge in [0.25, 0.3) is 0 Å². The first-order valence-corrected chi connectivity index (χ1v) is 8.34. The van der Waals surface area contributed by atoms with Crippen LogP contribution in [0.15, 0.2) is 28.7 Å². The summed E-state index contributed by atoms with van der Waals surface area (Å²) < 4.78 is 6.93. The summed E-state index contributed by atoms with van der Waals surface area (Å²) in [5.41, 5.74) is 1.16. The number of rotatable bonds is 4. The molecule has 4 nitrogen and oxygen atoms in total. The van der Waals surface area contributed by atoms with Crippen molar-refractivity contribution in [3.63, 3.8) is 0 Å². The lowest BCUT2D eigenvalue weighted by Crippen LogP contribution is -2.50. The number of nitrogens with zero attached hydrogens (tertiary/aromatic N) is 1. The second-order valence-electron chi connectivity index (χ2n) is 5.87. The van der Waals surface area contributed by atoms with E-state index in [0.717, 1.165) is 36.0 Å². The van der Waals surface area contributed by atoms with E-state index in [9.17, 15) is 4.79 Å². The molecule has 1 heterocycles. The third-order valence-electron chi connectivity index (χ3n) is 4.17. The highest BCUT2D eigenvalue weighted by atomic mass is 79.9. The van der Waals surface area contributed by atoms with Gasteiger partial charge in [-0.25, -0.2) is 0 Å². The fraction of sp³-hybridized carbons (Fsp3) is 0.562. The first kappa shape index (κ1) is 15.0. The summed E-state index contributed by atoms with van der Waals surface area (Å²) >= 11 is 3.50. The van der Waals surface area contributed by atoms with Crippen LogP contribution < -0.4 is 5.32 Å². The largest absolute Gasteiger partial charge is 0.371 e. The van der Waals surface area contributed by atoms with Crippen LogP contribution in [0, 0.1) is 0 Å². The van der Waals surface area contributed by atoms with E-state index in [4.69, 9.17) is 4.74 Å². The second kappa shape index (κ2) is 6.46. The number of amides is 1. The maximum absolute atomic E-state index is 12.2. The van der Waals surface area contributed by atoms with Crippen LogP contribution in [0.5, 0.6) is 0 Å². The average Bonchev–Trinajstić information content (AvgIpc) is 3.30. The SMILES string of the molecule is C[C@H](C(=O)NC1CC1)N1CCO[C@@H](c2cccc(Br)c2)C1. The number of benzene rings is 1. The minimum Gasteiger partial charge on any atom is -0.371 e. The zero-order valence-electron chi connectivity index (χ0n) is 12.2. The van der Waals surface area contributed by atoms with Crippen molar-refractivity contribution in [1.29, 1.82) is 0 Å². The fourth-order valence-electron chi connectivity index (χ4n) is 2.64. The highest BCUT2D eigenvalue weighted by Gasteiger charge is 2.31. The molecule has 1 amide bonds. The number of hydrogen-bond donors (Lipinski definition) is 1. The van der Waals surface area contributed by atoms with E-state index in [2.05, 4.69) is 38.3 Å². The molecular weight excluding hydrogens is 332 g/mol. The van der Waals surface area contributed by atoms with Gasteiger partial charge in [0.2, 0.25) is 5.91 Å². The molecule has 1 N–H and O–H groups in total. The first-order chi connectivity index (χ1) is 10.1. The summed E-state index contributed by atoms with van der Waals surface area (Å²) in [4.78, 5) is 14.4. The molecule has 0 unspecified atom stereocenters. The van der Waals surface area contributed by atoms with Crippen molar-refractivity contribution in [3.8, 4) is 0 Å². The van der Waals surface area contributed by atoms with Gasteiger partial charge in [-0.3, -0.25) is 9.69 Å². The molecule has 1 saturated carbocycles. The molecule has 1 aliphatic heterocycles. The van der Waals surface area contributed by atoms with Crippen LogP contribution in [0.3, 0.4) is 0 Å².